The van der Waals surface area contributed by atoms with Crippen LogP contribution in [0.15, 0.2) is 42.6 Å². The number of hydrogen-bond donors (Lipinski definition) is 2. The van der Waals surface area contributed by atoms with E-state index in [1.807, 2.05) is 29.9 Å². The first-order valence-corrected chi connectivity index (χ1v) is 14.9. The van der Waals surface area contributed by atoms with Crippen molar-refractivity contribution < 1.29 is 33.0 Å². The number of methoxy groups -OCH3 is 1. The van der Waals surface area contributed by atoms with Crippen LogP contribution in [-0.2, 0) is 22.5 Å². The molecule has 0 spiro atoms. The number of fused-ring (bicyclic) bond motifs is 1. The lowest BCUT2D eigenvalue weighted by molar-refractivity contribution is -0.143. The van der Waals surface area contributed by atoms with E-state index in [0.717, 1.165) is 86.1 Å². The minimum atomic E-state index is -0.692. The minimum Gasteiger partial charge on any atom is -0.497 e. The van der Waals surface area contributed by atoms with Crippen molar-refractivity contribution in [1.82, 2.24) is 20.3 Å². The fourth-order valence-electron chi connectivity index (χ4n) is 6.25. The Balaban J connectivity index is 1.24. The Hall–Kier alpha value is -3.38. The number of aryl methyl sites for hydroxylation is 1. The Morgan fingerprint density at radius 3 is 2.49 bits per heavy atom. The number of benzene rings is 2. The number of halogens is 2. The molecule has 1 amide bonds. The molecule has 3 heterocycles. The van der Waals surface area contributed by atoms with Gasteiger partial charge in [0.2, 0.25) is 5.91 Å². The predicted molar refractivity (Wildman–Crippen MR) is 157 cm³/mol. The number of hydroxylamine groups is 1. The maximum Gasteiger partial charge on any atom is 0.249 e. The smallest absolute Gasteiger partial charge is 0.249 e. The lowest BCUT2D eigenvalue weighted by Crippen LogP contribution is -2.49. The maximum absolute atomic E-state index is 13.4. The van der Waals surface area contributed by atoms with Crippen molar-refractivity contribution in [3.05, 3.63) is 65.4 Å². The second-order valence-electron chi connectivity index (χ2n) is 11.4. The average Bonchev–Trinajstić information content (AvgIpc) is 3.02. The maximum atomic E-state index is 13.4. The lowest BCUT2D eigenvalue weighted by atomic mass is 9.73. The molecule has 11 heteroatoms. The zero-order chi connectivity index (χ0) is 30.2. The molecule has 0 atom stereocenters. The second kappa shape index (κ2) is 14.4. The number of aromatic nitrogens is 1. The summed E-state index contributed by atoms with van der Waals surface area (Å²) in [6.45, 7) is 6.08. The molecule has 2 saturated heterocycles. The Labute approximate surface area is 250 Å². The number of likely N-dealkylation sites (tertiary alicyclic amines) is 1. The quantitative estimate of drug-likeness (QED) is 0.235. The van der Waals surface area contributed by atoms with Gasteiger partial charge in [-0.05, 0) is 74.5 Å². The van der Waals surface area contributed by atoms with E-state index in [1.54, 1.807) is 7.11 Å². The highest BCUT2D eigenvalue weighted by molar-refractivity contribution is 5.85. The highest BCUT2D eigenvalue weighted by Crippen LogP contribution is 2.38. The number of amides is 1. The molecular weight excluding hydrogens is 558 g/mol. The van der Waals surface area contributed by atoms with Crippen molar-refractivity contribution in [1.29, 1.82) is 0 Å². The van der Waals surface area contributed by atoms with Crippen molar-refractivity contribution >= 4 is 16.8 Å². The normalized spacial score (nSPS) is 17.6. The number of carbonyl (C=O) groups is 1. The molecule has 2 aliphatic heterocycles. The Bertz CT molecular complexity index is 1370. The van der Waals surface area contributed by atoms with Gasteiger partial charge < -0.3 is 14.2 Å². The van der Waals surface area contributed by atoms with Crippen molar-refractivity contribution in [2.24, 2.45) is 5.41 Å². The third-order valence-electron chi connectivity index (χ3n) is 8.76. The van der Waals surface area contributed by atoms with E-state index in [1.165, 1.54) is 5.56 Å². The highest BCUT2D eigenvalue weighted by Gasteiger charge is 2.40. The summed E-state index contributed by atoms with van der Waals surface area (Å²) in [6.07, 6.45) is 5.27. The number of morpholine rings is 1. The fourth-order valence-corrected chi connectivity index (χ4v) is 6.25. The van der Waals surface area contributed by atoms with Gasteiger partial charge >= 0.3 is 0 Å². The molecule has 2 fully saturated rings. The Kier molecular flexibility index (Phi) is 10.4. The third kappa shape index (κ3) is 7.77. The number of piperidine rings is 1. The first-order chi connectivity index (χ1) is 20.9. The molecule has 3 aromatic rings. The molecule has 2 aromatic carbocycles. The topological polar surface area (TPSA) is 96.4 Å². The molecule has 0 unspecified atom stereocenters. The van der Waals surface area contributed by atoms with E-state index in [0.29, 0.717) is 38.9 Å². The number of nitrogens with zero attached hydrogens (tertiary/aromatic N) is 3. The number of hydrogen-bond acceptors (Lipinski definition) is 8. The van der Waals surface area contributed by atoms with E-state index in [4.69, 9.17) is 19.2 Å². The number of nitrogens with one attached hydrogen (secondary N) is 1. The van der Waals surface area contributed by atoms with Crippen LogP contribution < -0.4 is 15.0 Å². The van der Waals surface area contributed by atoms with E-state index in [9.17, 15) is 18.8 Å². The summed E-state index contributed by atoms with van der Waals surface area (Å²) < 4.78 is 43.5. The molecule has 5 rings (SSSR count). The largest absolute Gasteiger partial charge is 0.497 e. The van der Waals surface area contributed by atoms with Crippen LogP contribution in [0.1, 0.15) is 36.8 Å². The van der Waals surface area contributed by atoms with Crippen molar-refractivity contribution in [2.75, 3.05) is 59.7 Å². The summed E-state index contributed by atoms with van der Waals surface area (Å²) in [7, 11) is 1.66. The molecule has 0 radical (unpaired) electrons. The van der Waals surface area contributed by atoms with Gasteiger partial charge in [0, 0.05) is 56.0 Å². The molecule has 0 bridgehead atoms. The summed E-state index contributed by atoms with van der Waals surface area (Å²) in [5, 5.41) is 10.7. The molecule has 0 saturated carbocycles. The van der Waals surface area contributed by atoms with Crippen LogP contribution in [0, 0.1) is 17.0 Å². The van der Waals surface area contributed by atoms with Crippen LogP contribution in [0.25, 0.3) is 10.9 Å². The average molecular weight is 599 g/mol. The van der Waals surface area contributed by atoms with Crippen LogP contribution in [0.3, 0.4) is 0 Å². The van der Waals surface area contributed by atoms with Gasteiger partial charge in [0.05, 0.1) is 31.3 Å². The van der Waals surface area contributed by atoms with Gasteiger partial charge in [-0.15, -0.1) is 0 Å². The molecule has 43 heavy (non-hydrogen) atoms. The van der Waals surface area contributed by atoms with Gasteiger partial charge in [0.25, 0.3) is 0 Å². The summed E-state index contributed by atoms with van der Waals surface area (Å²) in [4.78, 5) is 22.3. The number of rotatable bonds is 12. The van der Waals surface area contributed by atoms with E-state index >= 15 is 0 Å². The summed E-state index contributed by atoms with van der Waals surface area (Å²) >= 11 is 0. The molecule has 9 nitrogen and oxygen atoms in total. The van der Waals surface area contributed by atoms with Crippen LogP contribution >= 0.6 is 0 Å². The van der Waals surface area contributed by atoms with Crippen molar-refractivity contribution in [3.8, 4) is 11.5 Å². The van der Waals surface area contributed by atoms with Crippen LogP contribution in [0.2, 0.25) is 0 Å². The van der Waals surface area contributed by atoms with Gasteiger partial charge in [0.1, 0.15) is 29.7 Å². The SMILES string of the molecule is COc1ccc2ncc(CN3CCOCC3)c(CCCC3(C(=O)NO)CCN(CCOc4cc(F)cc(F)c4)CC3)c2c1. The van der Waals surface area contributed by atoms with Gasteiger partial charge in [0.15, 0.2) is 0 Å². The predicted octanol–water partition coefficient (Wildman–Crippen LogP) is 4.34. The van der Waals surface area contributed by atoms with Crippen LogP contribution in [-0.4, -0.2) is 85.6 Å². The molecule has 0 aliphatic carbocycles. The number of ether oxygens (including phenoxy) is 3. The first-order valence-electron chi connectivity index (χ1n) is 14.9. The molecule has 2 aliphatic rings. The van der Waals surface area contributed by atoms with E-state index in [2.05, 4.69) is 9.80 Å². The van der Waals surface area contributed by atoms with Gasteiger partial charge in [-0.3, -0.25) is 24.8 Å². The van der Waals surface area contributed by atoms with Gasteiger partial charge in [-0.2, -0.15) is 0 Å². The third-order valence-corrected chi connectivity index (χ3v) is 8.76. The minimum absolute atomic E-state index is 0.151. The monoisotopic (exact) mass is 598 g/mol. The van der Waals surface area contributed by atoms with E-state index in [-0.39, 0.29) is 18.3 Å². The summed E-state index contributed by atoms with van der Waals surface area (Å²) in [6, 6.07) is 9.05. The standard InChI is InChI=1S/C32H40F2N4O5/c1-41-26-4-5-30-29(20-26)28(23(21-35-30)22-38-11-14-42-15-12-38)3-2-6-32(31(39)36-40)7-9-37(10-8-32)13-16-43-27-18-24(33)17-25(34)19-27/h4-5,17-21,40H,2-3,6-16,22H2,1H3,(H,36,39). The fraction of sp³-hybridized carbons (Fsp3) is 0.500. The number of pyridine rings is 1. The second-order valence-corrected chi connectivity index (χ2v) is 11.4. The molecular formula is C32H40F2N4O5. The molecule has 232 valence electrons. The Morgan fingerprint density at radius 2 is 1.79 bits per heavy atom. The Morgan fingerprint density at radius 1 is 1.05 bits per heavy atom. The summed E-state index contributed by atoms with van der Waals surface area (Å²) in [5.41, 5.74) is 4.51. The summed E-state index contributed by atoms with van der Waals surface area (Å²) in [5.74, 6) is -0.792. The lowest BCUT2D eigenvalue weighted by Gasteiger charge is -2.40. The van der Waals surface area contributed by atoms with E-state index < -0.39 is 17.0 Å². The molecule has 1 aromatic heterocycles. The highest BCUT2D eigenvalue weighted by atomic mass is 19.1. The van der Waals surface area contributed by atoms with Gasteiger partial charge in [-0.1, -0.05) is 0 Å². The van der Waals surface area contributed by atoms with Crippen molar-refractivity contribution in [3.63, 3.8) is 0 Å². The van der Waals surface area contributed by atoms with Crippen molar-refractivity contribution in [2.45, 2.75) is 38.6 Å². The van der Waals surface area contributed by atoms with Crippen LogP contribution in [0.5, 0.6) is 11.5 Å². The van der Waals surface area contributed by atoms with Gasteiger partial charge in [-0.25, -0.2) is 14.3 Å². The zero-order valence-electron chi connectivity index (χ0n) is 24.6. The van der Waals surface area contributed by atoms with Crippen LogP contribution in [0.4, 0.5) is 8.78 Å². The molecule has 2 N–H and O–H groups in total. The number of carbonyl (C=O) groups excluding carboxylic acids is 1. The first kappa shape index (κ1) is 31.1. The zero-order valence-corrected chi connectivity index (χ0v) is 24.6.